The lowest BCUT2D eigenvalue weighted by molar-refractivity contribution is -0.140. The summed E-state index contributed by atoms with van der Waals surface area (Å²) < 4.78 is 5.22. The second-order valence-corrected chi connectivity index (χ2v) is 18.3. The summed E-state index contributed by atoms with van der Waals surface area (Å²) >= 11 is 0. The quantitative estimate of drug-likeness (QED) is 0.135. The van der Waals surface area contributed by atoms with Crippen molar-refractivity contribution in [1.82, 2.24) is 0 Å². The molecule has 1 saturated carbocycles. The molecule has 53 heavy (non-hydrogen) atoms. The number of benzene rings is 8. The fraction of sp³-hybridized carbons (Fsp3) is 0.196. The molecule has 242 valence electrons. The predicted octanol–water partition coefficient (Wildman–Crippen LogP) is 11.7. The van der Waals surface area contributed by atoms with Crippen molar-refractivity contribution in [2.45, 2.75) is 55.3 Å². The highest BCUT2D eigenvalue weighted by Gasteiger charge is 2.80. The van der Waals surface area contributed by atoms with Crippen LogP contribution >= 0.6 is 0 Å². The third kappa shape index (κ3) is 1.89. The monoisotopic (exact) mass is 670 g/mol. The van der Waals surface area contributed by atoms with Gasteiger partial charge in [0.2, 0.25) is 0 Å². The third-order valence-electron chi connectivity index (χ3n) is 16.9. The van der Waals surface area contributed by atoms with E-state index in [2.05, 4.69) is 60.7 Å². The summed E-state index contributed by atoms with van der Waals surface area (Å²) in [5.74, 6) is 0.230. The maximum absolute atomic E-state index is 12.7. The van der Waals surface area contributed by atoms with Crippen LogP contribution in [0.3, 0.4) is 0 Å². The highest BCUT2D eigenvalue weighted by Crippen LogP contribution is 2.85. The van der Waals surface area contributed by atoms with Gasteiger partial charge in [-0.15, -0.1) is 0 Å². The number of fused-ring (bicyclic) bond motifs is 1. The summed E-state index contributed by atoms with van der Waals surface area (Å²) in [6, 6.07) is 22.1. The highest BCUT2D eigenvalue weighted by atomic mass is 16.5. The SMILES string of the molecule is COC(=O)CCCC1(c2ccccc2)C2c3cc4cc5c6c4c4c3c3c7c8c9c%10c(cc%11c%12c%13c(cc(c%14c%13c%13c(c%12%10)c9c3c4c%13c6%14)C5)C%11)CC8=CC721. The van der Waals surface area contributed by atoms with Gasteiger partial charge in [0.15, 0.2) is 0 Å². The average molecular weight is 671 g/mol. The Morgan fingerprint density at radius 1 is 0.623 bits per heavy atom. The van der Waals surface area contributed by atoms with Crippen molar-refractivity contribution in [3.8, 4) is 0 Å². The first kappa shape index (κ1) is 24.5. The molecule has 12 aromatic rings. The standard InChI is InChI=1S/C51H26O2/c1-53-27(52)8-5-9-50(25-6-3-2-4-7-25)49-26-16-23-14-20-12-21-11-18-10-19-13-22-15-24-17-51(49,50)48-34(24)39-33(22)38-29(19)28(18)36-32(21)37-30(20)31(23)40-35(26)47(48)46-44(39)42(38)41(36)43(37)45(40)46/h2-4,6-7,11,13-14,16-17,49H,5,8-10,12,15H2,1H3. The molecule has 0 aliphatic heterocycles. The number of methoxy groups -OCH3 is 1. The maximum Gasteiger partial charge on any atom is 0.305 e. The fourth-order valence-electron chi connectivity index (χ4n) is 15.9. The highest BCUT2D eigenvalue weighted by molar-refractivity contribution is 6.64. The minimum Gasteiger partial charge on any atom is -0.469 e. The van der Waals surface area contributed by atoms with Gasteiger partial charge in [-0.1, -0.05) is 60.7 Å². The van der Waals surface area contributed by atoms with E-state index in [9.17, 15) is 4.79 Å². The van der Waals surface area contributed by atoms with Gasteiger partial charge < -0.3 is 4.74 Å². The van der Waals surface area contributed by atoms with Crippen LogP contribution in [0.5, 0.6) is 0 Å². The summed E-state index contributed by atoms with van der Waals surface area (Å²) in [6.07, 6.45) is 8.19. The first-order valence-corrected chi connectivity index (χ1v) is 19.8. The first-order chi connectivity index (χ1) is 26.2. The van der Waals surface area contributed by atoms with E-state index in [0.717, 1.165) is 32.1 Å². The molecule has 2 nitrogen and oxygen atoms in total. The van der Waals surface area contributed by atoms with Gasteiger partial charge in [-0.2, -0.15) is 0 Å². The Kier molecular flexibility index (Phi) is 3.08. The molecule has 0 bridgehead atoms. The molecule has 3 atom stereocenters. The van der Waals surface area contributed by atoms with Crippen LogP contribution in [0.1, 0.15) is 75.3 Å². The Morgan fingerprint density at radius 3 is 1.91 bits per heavy atom. The zero-order valence-electron chi connectivity index (χ0n) is 28.9. The largest absolute Gasteiger partial charge is 0.469 e. The van der Waals surface area contributed by atoms with Crippen LogP contribution < -0.4 is 0 Å². The average Bonchev–Trinajstić information content (AvgIpc) is 3.86. The van der Waals surface area contributed by atoms with Crippen LogP contribution in [-0.2, 0) is 39.6 Å². The second-order valence-electron chi connectivity index (χ2n) is 18.3. The van der Waals surface area contributed by atoms with Crippen molar-refractivity contribution in [2.24, 2.45) is 0 Å². The van der Waals surface area contributed by atoms with Crippen molar-refractivity contribution in [3.63, 3.8) is 0 Å². The molecular weight excluding hydrogens is 645 g/mol. The Bertz CT molecular complexity index is 3900. The molecule has 6 aliphatic rings. The summed E-state index contributed by atoms with van der Waals surface area (Å²) in [5.41, 5.74) is 15.4. The molecule has 6 aliphatic carbocycles. The Morgan fingerprint density at radius 2 is 1.19 bits per heavy atom. The van der Waals surface area contributed by atoms with Crippen LogP contribution in [0.15, 0.2) is 60.7 Å². The van der Waals surface area contributed by atoms with Gasteiger partial charge in [-0.25, -0.2) is 0 Å². The zero-order chi connectivity index (χ0) is 33.5. The van der Waals surface area contributed by atoms with Crippen LogP contribution in [0.4, 0.5) is 0 Å². The normalized spacial score (nSPS) is 24.1. The number of hydrogen-bond donors (Lipinski definition) is 0. The van der Waals surface area contributed by atoms with Crippen LogP contribution in [0, 0.1) is 0 Å². The van der Waals surface area contributed by atoms with Crippen LogP contribution in [0.25, 0.3) is 113 Å². The number of esters is 1. The molecule has 1 fully saturated rings. The van der Waals surface area contributed by atoms with Gasteiger partial charge in [-0.05, 0) is 195 Å². The molecule has 0 N–H and O–H groups in total. The lowest BCUT2D eigenvalue weighted by Crippen LogP contribution is -2.21. The van der Waals surface area contributed by atoms with Crippen molar-refractivity contribution in [2.75, 3.05) is 7.11 Å². The van der Waals surface area contributed by atoms with E-state index < -0.39 is 0 Å². The van der Waals surface area contributed by atoms with E-state index in [1.54, 1.807) is 152 Å². The molecule has 0 heterocycles. The fourth-order valence-corrected chi connectivity index (χ4v) is 15.9. The predicted molar refractivity (Wildman–Crippen MR) is 216 cm³/mol. The number of carbonyl (C=O) groups is 1. The van der Waals surface area contributed by atoms with Crippen molar-refractivity contribution < 1.29 is 9.53 Å². The van der Waals surface area contributed by atoms with E-state index in [4.69, 9.17) is 4.74 Å². The summed E-state index contributed by atoms with van der Waals surface area (Å²) in [6.45, 7) is 0. The van der Waals surface area contributed by atoms with Gasteiger partial charge in [0, 0.05) is 23.2 Å². The molecule has 12 aromatic carbocycles. The van der Waals surface area contributed by atoms with E-state index in [-0.39, 0.29) is 16.8 Å². The van der Waals surface area contributed by atoms with Crippen molar-refractivity contribution in [1.29, 1.82) is 0 Å². The molecule has 0 radical (unpaired) electrons. The number of ether oxygens (including phenoxy) is 1. The molecule has 3 unspecified atom stereocenters. The first-order valence-electron chi connectivity index (χ1n) is 19.8. The minimum atomic E-state index is -0.133. The second kappa shape index (κ2) is 6.67. The number of allylic oxidation sites excluding steroid dienone is 2. The van der Waals surface area contributed by atoms with Crippen molar-refractivity contribution in [3.05, 3.63) is 111 Å². The molecule has 2 heteroatoms. The molecule has 0 saturated heterocycles. The number of rotatable bonds is 5. The number of carbonyl (C=O) groups excluding carboxylic acids is 1. The van der Waals surface area contributed by atoms with Gasteiger partial charge in [0.1, 0.15) is 0 Å². The minimum absolute atomic E-state index is 0.0977. The molecule has 18 rings (SSSR count). The molecule has 1 spiro atoms. The summed E-state index contributed by atoms with van der Waals surface area (Å²) in [5, 5.41) is 31.7. The number of hydrogen-bond acceptors (Lipinski definition) is 2. The lowest BCUT2D eigenvalue weighted by atomic mass is 9.77. The summed E-state index contributed by atoms with van der Waals surface area (Å²) in [4.78, 5) is 12.7. The topological polar surface area (TPSA) is 26.3 Å². The van der Waals surface area contributed by atoms with Gasteiger partial charge in [0.05, 0.1) is 7.11 Å². The molecule has 0 aromatic heterocycles. The van der Waals surface area contributed by atoms with E-state index in [1.165, 1.54) is 18.1 Å². The Hall–Kier alpha value is -5.73. The molecule has 0 amide bonds. The third-order valence-corrected chi connectivity index (χ3v) is 16.9. The smallest absolute Gasteiger partial charge is 0.305 e. The Balaban J connectivity index is 1.17. The van der Waals surface area contributed by atoms with Crippen LogP contribution in [-0.4, -0.2) is 13.1 Å². The molecular formula is C51H26O2. The maximum atomic E-state index is 12.7. The van der Waals surface area contributed by atoms with E-state index in [1.807, 2.05) is 0 Å². The zero-order valence-corrected chi connectivity index (χ0v) is 28.9. The van der Waals surface area contributed by atoms with Crippen molar-refractivity contribution >= 4 is 119 Å². The van der Waals surface area contributed by atoms with Gasteiger partial charge >= 0.3 is 5.97 Å². The Labute approximate surface area is 300 Å². The lowest BCUT2D eigenvalue weighted by Gasteiger charge is -2.25. The van der Waals surface area contributed by atoms with E-state index >= 15 is 0 Å². The summed E-state index contributed by atoms with van der Waals surface area (Å²) in [7, 11) is 1.53. The van der Waals surface area contributed by atoms with Gasteiger partial charge in [-0.3, -0.25) is 4.79 Å². The van der Waals surface area contributed by atoms with Crippen LogP contribution in [0.2, 0.25) is 0 Å². The van der Waals surface area contributed by atoms with Gasteiger partial charge in [0.25, 0.3) is 0 Å². The van der Waals surface area contributed by atoms with E-state index in [0.29, 0.717) is 12.3 Å².